The summed E-state index contributed by atoms with van der Waals surface area (Å²) in [6.07, 6.45) is 0. The van der Waals surface area contributed by atoms with E-state index in [1.54, 1.807) is 18.2 Å². The van der Waals surface area contributed by atoms with Crippen LogP contribution in [0.1, 0.15) is 10.4 Å². The molecule has 0 aliphatic carbocycles. The lowest BCUT2D eigenvalue weighted by Gasteiger charge is -2.10. The summed E-state index contributed by atoms with van der Waals surface area (Å²) in [7, 11) is 0. The molecule has 1 amide bonds. The van der Waals surface area contributed by atoms with Crippen molar-refractivity contribution in [1.29, 1.82) is 0 Å². The van der Waals surface area contributed by atoms with Gasteiger partial charge in [-0.15, -0.1) is 0 Å². The molecule has 2 aromatic carbocycles. The van der Waals surface area contributed by atoms with Crippen LogP contribution in [0.15, 0.2) is 30.3 Å². The van der Waals surface area contributed by atoms with Crippen molar-refractivity contribution in [2.45, 2.75) is 0 Å². The van der Waals surface area contributed by atoms with Gasteiger partial charge in [0.25, 0.3) is 5.91 Å². The molecule has 0 aromatic heterocycles. The van der Waals surface area contributed by atoms with Crippen molar-refractivity contribution >= 4 is 80.6 Å². The van der Waals surface area contributed by atoms with E-state index in [-0.39, 0.29) is 16.0 Å². The van der Waals surface area contributed by atoms with E-state index in [2.05, 4.69) is 27.9 Å². The van der Waals surface area contributed by atoms with E-state index in [4.69, 9.17) is 46.4 Å². The van der Waals surface area contributed by atoms with Gasteiger partial charge in [-0.25, -0.2) is 0 Å². The second kappa shape index (κ2) is 6.71. The molecule has 0 atom stereocenters. The number of halogens is 5. The minimum Gasteiger partial charge on any atom is -0.319 e. The molecular formula is C13H6Cl4INO. The van der Waals surface area contributed by atoms with Gasteiger partial charge in [0.2, 0.25) is 0 Å². The molecule has 0 unspecified atom stereocenters. The van der Waals surface area contributed by atoms with Crippen LogP contribution in [0.25, 0.3) is 0 Å². The molecule has 20 heavy (non-hydrogen) atoms. The Bertz CT molecular complexity index is 667. The van der Waals surface area contributed by atoms with E-state index in [0.717, 1.165) is 3.57 Å². The topological polar surface area (TPSA) is 29.1 Å². The van der Waals surface area contributed by atoms with Gasteiger partial charge in [0, 0.05) is 14.2 Å². The van der Waals surface area contributed by atoms with E-state index in [0.29, 0.717) is 21.3 Å². The van der Waals surface area contributed by atoms with E-state index >= 15 is 0 Å². The predicted molar refractivity (Wildman–Crippen MR) is 93.6 cm³/mol. The molecule has 0 saturated heterocycles. The first-order valence-electron chi connectivity index (χ1n) is 5.29. The summed E-state index contributed by atoms with van der Waals surface area (Å²) in [5.74, 6) is -0.352. The number of anilines is 1. The fourth-order valence-corrected chi connectivity index (χ4v) is 2.91. The van der Waals surface area contributed by atoms with Crippen LogP contribution >= 0.6 is 69.0 Å². The number of rotatable bonds is 2. The molecular weight excluding hydrogens is 455 g/mol. The maximum Gasteiger partial charge on any atom is 0.255 e. The maximum absolute atomic E-state index is 12.1. The quantitative estimate of drug-likeness (QED) is 0.534. The number of nitrogens with one attached hydrogen (secondary N) is 1. The summed E-state index contributed by atoms with van der Waals surface area (Å²) in [6.45, 7) is 0. The van der Waals surface area contributed by atoms with Crippen molar-refractivity contribution in [3.8, 4) is 0 Å². The van der Waals surface area contributed by atoms with Gasteiger partial charge in [0.15, 0.2) is 0 Å². The third-order valence-corrected chi connectivity index (χ3v) is 4.81. The highest BCUT2D eigenvalue weighted by molar-refractivity contribution is 14.1. The monoisotopic (exact) mass is 459 g/mol. The van der Waals surface area contributed by atoms with Crippen LogP contribution in [0.4, 0.5) is 5.69 Å². The highest BCUT2D eigenvalue weighted by atomic mass is 127. The zero-order valence-electron chi connectivity index (χ0n) is 9.68. The lowest BCUT2D eigenvalue weighted by molar-refractivity contribution is 0.102. The normalized spacial score (nSPS) is 10.4. The summed E-state index contributed by atoms with van der Waals surface area (Å²) in [5.41, 5.74) is 0.731. The molecule has 0 radical (unpaired) electrons. The summed E-state index contributed by atoms with van der Waals surface area (Å²) in [4.78, 5) is 12.1. The highest BCUT2D eigenvalue weighted by Crippen LogP contribution is 2.34. The number of amides is 1. The lowest BCUT2D eigenvalue weighted by Crippen LogP contribution is -2.12. The molecule has 2 aromatic rings. The molecule has 0 saturated carbocycles. The van der Waals surface area contributed by atoms with Crippen LogP contribution < -0.4 is 5.32 Å². The smallest absolute Gasteiger partial charge is 0.255 e. The van der Waals surface area contributed by atoms with Crippen molar-refractivity contribution in [3.05, 3.63) is 59.6 Å². The van der Waals surface area contributed by atoms with Gasteiger partial charge < -0.3 is 5.32 Å². The van der Waals surface area contributed by atoms with Crippen molar-refractivity contribution in [2.24, 2.45) is 0 Å². The fraction of sp³-hybridized carbons (Fsp3) is 0. The summed E-state index contributed by atoms with van der Waals surface area (Å²) >= 11 is 25.9. The Morgan fingerprint density at radius 3 is 2.10 bits per heavy atom. The molecule has 0 spiro atoms. The first-order valence-corrected chi connectivity index (χ1v) is 7.88. The molecule has 0 aliphatic heterocycles. The first-order chi connectivity index (χ1) is 9.38. The number of benzene rings is 2. The number of hydrogen-bond acceptors (Lipinski definition) is 1. The minimum atomic E-state index is -0.352. The van der Waals surface area contributed by atoms with Crippen LogP contribution in [0.5, 0.6) is 0 Å². The summed E-state index contributed by atoms with van der Waals surface area (Å²) in [6, 6.07) is 8.01. The van der Waals surface area contributed by atoms with Crippen LogP contribution in [0.3, 0.4) is 0 Å². The van der Waals surface area contributed by atoms with Crippen LogP contribution in [0.2, 0.25) is 20.1 Å². The Labute approximate surface area is 149 Å². The largest absolute Gasteiger partial charge is 0.319 e. The molecule has 1 N–H and O–H groups in total. The zero-order valence-corrected chi connectivity index (χ0v) is 14.9. The van der Waals surface area contributed by atoms with Gasteiger partial charge in [-0.1, -0.05) is 46.4 Å². The number of carbonyl (C=O) groups excluding carboxylic acids is 1. The van der Waals surface area contributed by atoms with E-state index in [1.165, 1.54) is 12.1 Å². The number of hydrogen-bond donors (Lipinski definition) is 1. The number of carbonyl (C=O) groups is 1. The van der Waals surface area contributed by atoms with E-state index in [9.17, 15) is 4.79 Å². The first kappa shape index (κ1) is 16.2. The van der Waals surface area contributed by atoms with Gasteiger partial charge in [-0.3, -0.25) is 4.79 Å². The fourth-order valence-electron chi connectivity index (χ4n) is 1.48. The van der Waals surface area contributed by atoms with E-state index in [1.807, 2.05) is 0 Å². The summed E-state index contributed by atoms with van der Waals surface area (Å²) < 4.78 is 0.864. The van der Waals surface area contributed by atoms with Crippen LogP contribution in [-0.2, 0) is 0 Å². The van der Waals surface area contributed by atoms with Crippen molar-refractivity contribution in [3.63, 3.8) is 0 Å². The average Bonchev–Trinajstić information content (AvgIpc) is 2.36. The van der Waals surface area contributed by atoms with Crippen molar-refractivity contribution < 1.29 is 4.79 Å². The molecule has 0 aliphatic rings. The molecule has 0 fully saturated rings. The second-order valence-electron chi connectivity index (χ2n) is 3.83. The summed E-state index contributed by atoms with van der Waals surface area (Å²) in [5, 5.41) is 4.09. The second-order valence-corrected chi connectivity index (χ2v) is 6.65. The van der Waals surface area contributed by atoms with Gasteiger partial charge in [-0.05, 0) is 52.9 Å². The maximum atomic E-state index is 12.1. The van der Waals surface area contributed by atoms with Gasteiger partial charge >= 0.3 is 0 Å². The molecule has 0 bridgehead atoms. The van der Waals surface area contributed by atoms with Crippen LogP contribution in [-0.4, -0.2) is 5.91 Å². The Kier molecular flexibility index (Phi) is 5.42. The average molecular weight is 461 g/mol. The lowest BCUT2D eigenvalue weighted by atomic mass is 10.2. The third-order valence-electron chi connectivity index (χ3n) is 2.43. The highest BCUT2D eigenvalue weighted by Gasteiger charge is 2.13. The zero-order chi connectivity index (χ0) is 14.9. The van der Waals surface area contributed by atoms with Crippen molar-refractivity contribution in [2.75, 3.05) is 5.32 Å². The standard InChI is InChI=1S/C13H6Cl4INO/c14-7-4-9(16)12(10(17)5-7)19-13(20)6-1-2-11(18)8(15)3-6/h1-5H,(H,19,20). The molecule has 104 valence electrons. The molecule has 2 nitrogen and oxygen atoms in total. The molecule has 7 heteroatoms. The van der Waals surface area contributed by atoms with Crippen molar-refractivity contribution in [1.82, 2.24) is 0 Å². The Morgan fingerprint density at radius 2 is 1.55 bits per heavy atom. The minimum absolute atomic E-state index is 0.271. The van der Waals surface area contributed by atoms with E-state index < -0.39 is 0 Å². The van der Waals surface area contributed by atoms with Gasteiger partial charge in [0.1, 0.15) is 0 Å². The molecule has 0 heterocycles. The predicted octanol–water partition coefficient (Wildman–Crippen LogP) is 6.16. The Balaban J connectivity index is 2.30. The van der Waals surface area contributed by atoms with Crippen LogP contribution in [0, 0.1) is 3.57 Å². The molecule has 2 rings (SSSR count). The van der Waals surface area contributed by atoms with Gasteiger partial charge in [0.05, 0.1) is 20.8 Å². The third kappa shape index (κ3) is 3.71. The SMILES string of the molecule is O=C(Nc1c(Cl)cc(Cl)cc1Cl)c1ccc(I)c(Cl)c1. The van der Waals surface area contributed by atoms with Gasteiger partial charge in [-0.2, -0.15) is 0 Å². The Hall–Kier alpha value is -0.200. The Morgan fingerprint density at radius 1 is 0.950 bits per heavy atom.